The number of ether oxygens (including phenoxy) is 1. The first-order valence-corrected chi connectivity index (χ1v) is 6.75. The Kier molecular flexibility index (Phi) is 5.02. The fourth-order valence-electron chi connectivity index (χ4n) is 2.08. The van der Waals surface area contributed by atoms with Gasteiger partial charge in [-0.1, -0.05) is 29.8 Å². The SMILES string of the molecule is O=C(CC1CCCCO1)NCc1ccccc1Cl. The van der Waals surface area contributed by atoms with Crippen LogP contribution in [0.25, 0.3) is 0 Å². The van der Waals surface area contributed by atoms with Crippen LogP contribution in [0.2, 0.25) is 5.02 Å². The van der Waals surface area contributed by atoms with E-state index in [1.807, 2.05) is 24.3 Å². The molecule has 1 aliphatic heterocycles. The Morgan fingerprint density at radius 3 is 2.94 bits per heavy atom. The van der Waals surface area contributed by atoms with Gasteiger partial charge in [-0.05, 0) is 30.9 Å². The molecule has 1 aromatic rings. The van der Waals surface area contributed by atoms with Gasteiger partial charge < -0.3 is 10.1 Å². The maximum absolute atomic E-state index is 11.8. The van der Waals surface area contributed by atoms with Gasteiger partial charge in [0.25, 0.3) is 0 Å². The molecule has 0 bridgehead atoms. The minimum atomic E-state index is 0.0295. The van der Waals surface area contributed by atoms with Gasteiger partial charge in [0.1, 0.15) is 0 Å². The molecule has 98 valence electrons. The van der Waals surface area contributed by atoms with E-state index < -0.39 is 0 Å². The second kappa shape index (κ2) is 6.76. The number of halogens is 1. The topological polar surface area (TPSA) is 38.3 Å². The highest BCUT2D eigenvalue weighted by Crippen LogP contribution is 2.16. The highest BCUT2D eigenvalue weighted by Gasteiger charge is 2.17. The van der Waals surface area contributed by atoms with Crippen LogP contribution in [0.5, 0.6) is 0 Å². The molecular formula is C14H18ClNO2. The summed E-state index contributed by atoms with van der Waals surface area (Å²) in [6, 6.07) is 7.54. The predicted molar refractivity (Wildman–Crippen MR) is 71.5 cm³/mol. The molecule has 0 aromatic heterocycles. The van der Waals surface area contributed by atoms with E-state index in [1.54, 1.807) is 0 Å². The van der Waals surface area contributed by atoms with E-state index in [0.717, 1.165) is 31.4 Å². The fourth-order valence-corrected chi connectivity index (χ4v) is 2.29. The molecule has 1 N–H and O–H groups in total. The van der Waals surface area contributed by atoms with E-state index in [0.29, 0.717) is 18.0 Å². The summed E-state index contributed by atoms with van der Waals surface area (Å²) in [7, 11) is 0. The summed E-state index contributed by atoms with van der Waals surface area (Å²) in [4.78, 5) is 11.8. The fraction of sp³-hybridized carbons (Fsp3) is 0.500. The molecule has 18 heavy (non-hydrogen) atoms. The number of carbonyl (C=O) groups excluding carboxylic acids is 1. The van der Waals surface area contributed by atoms with Crippen molar-refractivity contribution in [3.63, 3.8) is 0 Å². The van der Waals surface area contributed by atoms with Crippen molar-refractivity contribution in [2.75, 3.05) is 6.61 Å². The molecule has 0 aliphatic carbocycles. The van der Waals surface area contributed by atoms with Gasteiger partial charge in [-0.3, -0.25) is 4.79 Å². The third kappa shape index (κ3) is 4.00. The van der Waals surface area contributed by atoms with Crippen molar-refractivity contribution in [3.8, 4) is 0 Å². The van der Waals surface area contributed by atoms with Crippen LogP contribution in [-0.4, -0.2) is 18.6 Å². The molecule has 0 radical (unpaired) electrons. The summed E-state index contributed by atoms with van der Waals surface area (Å²) in [5.74, 6) is 0.0295. The molecule has 1 amide bonds. The number of hydrogen-bond donors (Lipinski definition) is 1. The van der Waals surface area contributed by atoms with E-state index in [-0.39, 0.29) is 12.0 Å². The molecule has 1 heterocycles. The number of benzene rings is 1. The van der Waals surface area contributed by atoms with Crippen LogP contribution < -0.4 is 5.32 Å². The molecule has 0 saturated carbocycles. The van der Waals surface area contributed by atoms with Crippen molar-refractivity contribution in [1.82, 2.24) is 5.32 Å². The first-order valence-electron chi connectivity index (χ1n) is 6.37. The molecule has 3 nitrogen and oxygen atoms in total. The highest BCUT2D eigenvalue weighted by atomic mass is 35.5. The minimum Gasteiger partial charge on any atom is -0.378 e. The summed E-state index contributed by atoms with van der Waals surface area (Å²) in [6.07, 6.45) is 3.79. The highest BCUT2D eigenvalue weighted by molar-refractivity contribution is 6.31. The molecule has 4 heteroatoms. The number of carbonyl (C=O) groups is 1. The Morgan fingerprint density at radius 1 is 1.39 bits per heavy atom. The zero-order valence-electron chi connectivity index (χ0n) is 10.3. The average molecular weight is 268 g/mol. The molecule has 1 fully saturated rings. The third-order valence-electron chi connectivity index (χ3n) is 3.12. The van der Waals surface area contributed by atoms with Crippen molar-refractivity contribution in [2.45, 2.75) is 38.3 Å². The molecule has 1 aromatic carbocycles. The Balaban J connectivity index is 1.76. The Hall–Kier alpha value is -1.06. The van der Waals surface area contributed by atoms with Gasteiger partial charge in [-0.2, -0.15) is 0 Å². The van der Waals surface area contributed by atoms with E-state index >= 15 is 0 Å². The van der Waals surface area contributed by atoms with Gasteiger partial charge in [-0.25, -0.2) is 0 Å². The van der Waals surface area contributed by atoms with Crippen LogP contribution in [0, 0.1) is 0 Å². The Bertz CT molecular complexity index is 403. The Labute approximate surface area is 112 Å². The van der Waals surface area contributed by atoms with E-state index in [4.69, 9.17) is 16.3 Å². The molecule has 1 saturated heterocycles. The van der Waals surface area contributed by atoms with Crippen LogP contribution >= 0.6 is 11.6 Å². The molecule has 1 atom stereocenters. The van der Waals surface area contributed by atoms with Gasteiger partial charge in [0.05, 0.1) is 12.5 Å². The van der Waals surface area contributed by atoms with Gasteiger partial charge in [-0.15, -0.1) is 0 Å². The van der Waals surface area contributed by atoms with Crippen molar-refractivity contribution in [3.05, 3.63) is 34.9 Å². The standard InChI is InChI=1S/C14H18ClNO2/c15-13-7-2-1-5-11(13)10-16-14(17)9-12-6-3-4-8-18-12/h1-2,5,7,12H,3-4,6,8-10H2,(H,16,17). The minimum absolute atomic E-state index is 0.0295. The van der Waals surface area contributed by atoms with Crippen LogP contribution in [0.1, 0.15) is 31.2 Å². The van der Waals surface area contributed by atoms with Gasteiger partial charge in [0.2, 0.25) is 5.91 Å². The summed E-state index contributed by atoms with van der Waals surface area (Å²) in [5.41, 5.74) is 0.942. The largest absolute Gasteiger partial charge is 0.378 e. The first-order chi connectivity index (χ1) is 8.75. The summed E-state index contributed by atoms with van der Waals surface area (Å²) < 4.78 is 5.54. The summed E-state index contributed by atoms with van der Waals surface area (Å²) in [6.45, 7) is 1.26. The van der Waals surface area contributed by atoms with Gasteiger partial charge >= 0.3 is 0 Å². The first kappa shape index (κ1) is 13.4. The summed E-state index contributed by atoms with van der Waals surface area (Å²) in [5, 5.41) is 3.57. The lowest BCUT2D eigenvalue weighted by Crippen LogP contribution is -2.30. The number of nitrogens with one attached hydrogen (secondary N) is 1. The lowest BCUT2D eigenvalue weighted by atomic mass is 10.1. The van der Waals surface area contributed by atoms with Crippen molar-refractivity contribution >= 4 is 17.5 Å². The van der Waals surface area contributed by atoms with Crippen molar-refractivity contribution in [1.29, 1.82) is 0 Å². The lowest BCUT2D eigenvalue weighted by Gasteiger charge is -2.21. The molecule has 0 spiro atoms. The number of hydrogen-bond acceptors (Lipinski definition) is 2. The third-order valence-corrected chi connectivity index (χ3v) is 3.49. The zero-order valence-corrected chi connectivity index (χ0v) is 11.1. The lowest BCUT2D eigenvalue weighted by molar-refractivity contribution is -0.125. The predicted octanol–water partition coefficient (Wildman–Crippen LogP) is 2.92. The van der Waals surface area contributed by atoms with Crippen molar-refractivity contribution in [2.24, 2.45) is 0 Å². The number of amides is 1. The second-order valence-electron chi connectivity index (χ2n) is 4.56. The smallest absolute Gasteiger partial charge is 0.222 e. The monoisotopic (exact) mass is 267 g/mol. The van der Waals surface area contributed by atoms with Crippen LogP contribution in [0.3, 0.4) is 0 Å². The number of rotatable bonds is 4. The van der Waals surface area contributed by atoms with Gasteiger partial charge in [0.15, 0.2) is 0 Å². The van der Waals surface area contributed by atoms with Crippen molar-refractivity contribution < 1.29 is 9.53 Å². The molecule has 1 unspecified atom stereocenters. The van der Waals surface area contributed by atoms with Crippen LogP contribution in [0.15, 0.2) is 24.3 Å². The van der Waals surface area contributed by atoms with E-state index in [9.17, 15) is 4.79 Å². The molecule has 2 rings (SSSR count). The quantitative estimate of drug-likeness (QED) is 0.911. The van der Waals surface area contributed by atoms with E-state index in [1.165, 1.54) is 0 Å². The Morgan fingerprint density at radius 2 is 2.22 bits per heavy atom. The van der Waals surface area contributed by atoms with Gasteiger partial charge in [0, 0.05) is 18.2 Å². The summed E-state index contributed by atoms with van der Waals surface area (Å²) >= 11 is 6.02. The zero-order chi connectivity index (χ0) is 12.8. The van der Waals surface area contributed by atoms with E-state index in [2.05, 4.69) is 5.32 Å². The molecule has 1 aliphatic rings. The second-order valence-corrected chi connectivity index (χ2v) is 4.97. The maximum Gasteiger partial charge on any atom is 0.222 e. The normalized spacial score (nSPS) is 19.5. The molecular weight excluding hydrogens is 250 g/mol. The van der Waals surface area contributed by atoms with Crippen LogP contribution in [0.4, 0.5) is 0 Å². The average Bonchev–Trinajstić information content (AvgIpc) is 2.39. The maximum atomic E-state index is 11.8. The van der Waals surface area contributed by atoms with Crippen LogP contribution in [-0.2, 0) is 16.1 Å².